The normalized spacial score (nSPS) is 10.9. The number of carbonyl (C=O) groups is 1. The first-order valence-electron chi connectivity index (χ1n) is 8.32. The Labute approximate surface area is 153 Å². The molecule has 3 nitrogen and oxygen atoms in total. The number of rotatable bonds is 5. The topological polar surface area (TPSA) is 34.9 Å². The van der Waals surface area contributed by atoms with Crippen LogP contribution in [0.25, 0.3) is 5.69 Å². The third-order valence-electron chi connectivity index (χ3n) is 4.35. The molecule has 0 aliphatic rings. The number of carbonyl (C=O) groups excluding carboxylic acids is 1. The van der Waals surface area contributed by atoms with Crippen molar-refractivity contribution in [1.29, 1.82) is 0 Å². The average molecular weight is 350 g/mol. The van der Waals surface area contributed by atoms with Crippen LogP contribution in [0.4, 0.5) is 0 Å². The lowest BCUT2D eigenvalue weighted by molar-refractivity contribution is 0.102. The Balaban J connectivity index is 1.86. The number of para-hydroxylation sites is 1. The van der Waals surface area contributed by atoms with Gasteiger partial charge in [0.15, 0.2) is 10.9 Å². The van der Waals surface area contributed by atoms with Crippen LogP contribution >= 0.6 is 11.8 Å². The molecule has 0 unspecified atom stereocenters. The Hall–Kier alpha value is -2.33. The van der Waals surface area contributed by atoms with E-state index < -0.39 is 0 Å². The van der Waals surface area contributed by atoms with Gasteiger partial charge < -0.3 is 0 Å². The molecule has 0 bridgehead atoms. The molecule has 0 radical (unpaired) electrons. The molecule has 2 aromatic carbocycles. The van der Waals surface area contributed by atoms with Crippen molar-refractivity contribution in [3.63, 3.8) is 0 Å². The van der Waals surface area contributed by atoms with Crippen LogP contribution < -0.4 is 0 Å². The van der Waals surface area contributed by atoms with E-state index in [2.05, 4.69) is 28.6 Å². The number of aromatic nitrogens is 2. The molecule has 3 aromatic rings. The lowest BCUT2D eigenvalue weighted by Gasteiger charge is -2.10. The summed E-state index contributed by atoms with van der Waals surface area (Å²) in [6.07, 6.45) is 0. The summed E-state index contributed by atoms with van der Waals surface area (Å²) < 4.78 is 2.12. The molecule has 128 valence electrons. The first-order chi connectivity index (χ1) is 12.0. The summed E-state index contributed by atoms with van der Waals surface area (Å²) in [5.41, 5.74) is 6.10. The van der Waals surface area contributed by atoms with E-state index >= 15 is 0 Å². The highest BCUT2D eigenvalue weighted by Gasteiger charge is 2.16. The van der Waals surface area contributed by atoms with Crippen molar-refractivity contribution < 1.29 is 4.79 Å². The van der Waals surface area contributed by atoms with Crippen molar-refractivity contribution in [3.8, 4) is 5.69 Å². The van der Waals surface area contributed by atoms with Crippen LogP contribution in [0, 0.1) is 27.7 Å². The molecule has 0 saturated heterocycles. The lowest BCUT2D eigenvalue weighted by Crippen LogP contribution is -2.07. The summed E-state index contributed by atoms with van der Waals surface area (Å²) >= 11 is 1.50. The van der Waals surface area contributed by atoms with E-state index in [1.165, 1.54) is 11.8 Å². The van der Waals surface area contributed by atoms with E-state index in [1.807, 2.05) is 57.2 Å². The molecule has 0 spiro atoms. The van der Waals surface area contributed by atoms with Crippen molar-refractivity contribution >= 4 is 17.5 Å². The Morgan fingerprint density at radius 3 is 2.48 bits per heavy atom. The summed E-state index contributed by atoms with van der Waals surface area (Å²) in [5.74, 6) is 0.525. The minimum Gasteiger partial charge on any atom is -0.293 e. The van der Waals surface area contributed by atoms with Gasteiger partial charge in [0.1, 0.15) is 0 Å². The van der Waals surface area contributed by atoms with Gasteiger partial charge in [-0.15, -0.1) is 0 Å². The van der Waals surface area contributed by atoms with Gasteiger partial charge in [-0.3, -0.25) is 9.36 Å². The van der Waals surface area contributed by atoms with Crippen LogP contribution in [0.5, 0.6) is 0 Å². The van der Waals surface area contributed by atoms with Gasteiger partial charge in [0.05, 0.1) is 11.4 Å². The molecule has 1 heterocycles. The number of hydrogen-bond acceptors (Lipinski definition) is 3. The zero-order valence-electron chi connectivity index (χ0n) is 15.0. The van der Waals surface area contributed by atoms with Crippen molar-refractivity contribution in [3.05, 3.63) is 76.6 Å². The van der Waals surface area contributed by atoms with E-state index in [1.54, 1.807) is 0 Å². The number of aryl methyl sites for hydroxylation is 3. The maximum Gasteiger partial charge on any atom is 0.173 e. The van der Waals surface area contributed by atoms with Gasteiger partial charge in [0.2, 0.25) is 0 Å². The molecule has 0 aliphatic carbocycles. The Kier molecular flexibility index (Phi) is 5.09. The largest absolute Gasteiger partial charge is 0.293 e. The molecule has 25 heavy (non-hydrogen) atoms. The maximum atomic E-state index is 12.7. The average Bonchev–Trinajstić information content (AvgIpc) is 2.90. The number of hydrogen-bond donors (Lipinski definition) is 0. The highest BCUT2D eigenvalue weighted by molar-refractivity contribution is 7.99. The van der Waals surface area contributed by atoms with Crippen molar-refractivity contribution in [2.75, 3.05) is 5.75 Å². The second-order valence-corrected chi connectivity index (χ2v) is 7.21. The van der Waals surface area contributed by atoms with E-state index in [9.17, 15) is 4.79 Å². The van der Waals surface area contributed by atoms with Gasteiger partial charge >= 0.3 is 0 Å². The molecule has 0 amide bonds. The van der Waals surface area contributed by atoms with Crippen molar-refractivity contribution in [2.45, 2.75) is 32.9 Å². The number of benzene rings is 2. The molecule has 0 aliphatic heterocycles. The van der Waals surface area contributed by atoms with E-state index in [0.717, 1.165) is 38.9 Å². The van der Waals surface area contributed by atoms with Crippen LogP contribution in [-0.2, 0) is 0 Å². The lowest BCUT2D eigenvalue weighted by atomic mass is 10.0. The fourth-order valence-electron chi connectivity index (χ4n) is 2.80. The molecule has 1 aromatic heterocycles. The van der Waals surface area contributed by atoms with E-state index in [4.69, 9.17) is 0 Å². The minimum absolute atomic E-state index is 0.143. The van der Waals surface area contributed by atoms with Gasteiger partial charge in [-0.25, -0.2) is 4.98 Å². The zero-order valence-corrected chi connectivity index (χ0v) is 15.9. The summed E-state index contributed by atoms with van der Waals surface area (Å²) in [6, 6.07) is 16.2. The summed E-state index contributed by atoms with van der Waals surface area (Å²) in [5, 5.41) is 0.861. The predicted molar refractivity (Wildman–Crippen MR) is 104 cm³/mol. The predicted octanol–water partition coefficient (Wildman–Crippen LogP) is 5.08. The van der Waals surface area contributed by atoms with Gasteiger partial charge in [0.25, 0.3) is 0 Å². The molecule has 4 heteroatoms. The van der Waals surface area contributed by atoms with Crippen LogP contribution in [0.1, 0.15) is 32.9 Å². The van der Waals surface area contributed by atoms with Gasteiger partial charge in [-0.2, -0.15) is 0 Å². The standard InChI is InChI=1S/C21H22N2OS/c1-14-10-11-15(2)19(12-14)20(24)13-25-21-22-16(3)17(4)23(21)18-8-6-5-7-9-18/h5-12H,13H2,1-4H3. The summed E-state index contributed by atoms with van der Waals surface area (Å²) in [7, 11) is 0. The van der Waals surface area contributed by atoms with Crippen LogP contribution in [0.15, 0.2) is 53.7 Å². The Bertz CT molecular complexity index is 913. The second-order valence-electron chi connectivity index (χ2n) is 6.27. The molecular weight excluding hydrogens is 328 g/mol. The first-order valence-corrected chi connectivity index (χ1v) is 9.30. The summed E-state index contributed by atoms with van der Waals surface area (Å²) in [6.45, 7) is 8.06. The fraction of sp³-hybridized carbons (Fsp3) is 0.238. The minimum atomic E-state index is 0.143. The molecule has 0 saturated carbocycles. The molecule has 0 atom stereocenters. The number of imidazole rings is 1. The van der Waals surface area contributed by atoms with Gasteiger partial charge in [-0.05, 0) is 51.5 Å². The third kappa shape index (κ3) is 3.69. The van der Waals surface area contributed by atoms with E-state index in [0.29, 0.717) is 5.75 Å². The molecule has 0 N–H and O–H groups in total. The van der Waals surface area contributed by atoms with Crippen LogP contribution in [0.3, 0.4) is 0 Å². The fourth-order valence-corrected chi connectivity index (χ4v) is 3.79. The van der Waals surface area contributed by atoms with Crippen LogP contribution in [-0.4, -0.2) is 21.1 Å². The first kappa shape index (κ1) is 17.5. The highest BCUT2D eigenvalue weighted by atomic mass is 32.2. The van der Waals surface area contributed by atoms with E-state index in [-0.39, 0.29) is 5.78 Å². The third-order valence-corrected chi connectivity index (χ3v) is 5.29. The molecular formula is C21H22N2OS. The second kappa shape index (κ2) is 7.28. The zero-order chi connectivity index (χ0) is 18.0. The number of ketones is 1. The van der Waals surface area contributed by atoms with Gasteiger partial charge in [0, 0.05) is 16.9 Å². The molecule has 0 fully saturated rings. The Morgan fingerprint density at radius 2 is 1.76 bits per heavy atom. The summed E-state index contributed by atoms with van der Waals surface area (Å²) in [4.78, 5) is 17.3. The quantitative estimate of drug-likeness (QED) is 0.475. The van der Waals surface area contributed by atoms with Crippen molar-refractivity contribution in [1.82, 2.24) is 9.55 Å². The molecule has 3 rings (SSSR count). The van der Waals surface area contributed by atoms with Crippen molar-refractivity contribution in [2.24, 2.45) is 0 Å². The number of nitrogens with zero attached hydrogens (tertiary/aromatic N) is 2. The highest BCUT2D eigenvalue weighted by Crippen LogP contribution is 2.26. The SMILES string of the molecule is Cc1ccc(C)c(C(=O)CSc2nc(C)c(C)n2-c2ccccc2)c1. The maximum absolute atomic E-state index is 12.7. The smallest absolute Gasteiger partial charge is 0.173 e. The number of Topliss-reactive ketones (excluding diaryl/α,β-unsaturated/α-hetero) is 1. The van der Waals surface area contributed by atoms with Crippen LogP contribution in [0.2, 0.25) is 0 Å². The number of thioether (sulfide) groups is 1. The Morgan fingerprint density at radius 1 is 1.04 bits per heavy atom. The van der Waals surface area contributed by atoms with Gasteiger partial charge in [-0.1, -0.05) is 47.7 Å². The monoisotopic (exact) mass is 350 g/mol.